The molecule has 2 heterocycles. The fraction of sp³-hybridized carbons (Fsp3) is 0.368. The van der Waals surface area contributed by atoms with E-state index in [1.807, 2.05) is 6.07 Å². The second-order valence-electron chi connectivity index (χ2n) is 6.15. The lowest BCUT2D eigenvalue weighted by molar-refractivity contribution is 0.174. The topological polar surface area (TPSA) is 40.2 Å². The zero-order valence-corrected chi connectivity index (χ0v) is 14.2. The van der Waals surface area contributed by atoms with Crippen molar-refractivity contribution in [3.63, 3.8) is 0 Å². The van der Waals surface area contributed by atoms with Crippen LogP contribution in [0.1, 0.15) is 22.7 Å². The van der Waals surface area contributed by atoms with Crippen LogP contribution in [0, 0.1) is 0 Å². The quantitative estimate of drug-likeness (QED) is 0.867. The number of ether oxygens (including phenoxy) is 4. The van der Waals surface area contributed by atoms with Crippen LogP contribution in [-0.4, -0.2) is 39.5 Å². The van der Waals surface area contributed by atoms with Crippen LogP contribution in [-0.2, 0) is 6.42 Å². The van der Waals surface area contributed by atoms with E-state index < -0.39 is 0 Å². The molecule has 0 bridgehead atoms. The van der Waals surface area contributed by atoms with Crippen molar-refractivity contribution in [2.45, 2.75) is 12.5 Å². The molecule has 0 saturated carbocycles. The highest BCUT2D eigenvalue weighted by Gasteiger charge is 2.29. The van der Waals surface area contributed by atoms with E-state index in [2.05, 4.69) is 36.2 Å². The highest BCUT2D eigenvalue weighted by Crippen LogP contribution is 2.42. The van der Waals surface area contributed by atoms with Crippen molar-refractivity contribution < 1.29 is 18.9 Å². The summed E-state index contributed by atoms with van der Waals surface area (Å²) in [4.78, 5) is 2.35. The molecule has 0 unspecified atom stereocenters. The monoisotopic (exact) mass is 327 g/mol. The molecule has 2 aromatic rings. The smallest absolute Gasteiger partial charge is 0.231 e. The lowest BCUT2D eigenvalue weighted by atomic mass is 9.88. The molecule has 0 N–H and O–H groups in total. The van der Waals surface area contributed by atoms with Gasteiger partial charge in [0.15, 0.2) is 23.0 Å². The number of rotatable bonds is 3. The fourth-order valence-corrected chi connectivity index (χ4v) is 3.59. The molecular formula is C19H21NO4. The normalized spacial score (nSPS) is 19.0. The van der Waals surface area contributed by atoms with Gasteiger partial charge in [-0.3, -0.25) is 4.90 Å². The Labute approximate surface area is 141 Å². The SMILES string of the molecule is COc1cc2c(cc1OC)[C@H](c1ccc3c(c1)OCO3)N(C)CC2. The predicted octanol–water partition coefficient (Wildman–Crippen LogP) is 3.01. The van der Waals surface area contributed by atoms with Crippen LogP contribution in [0.2, 0.25) is 0 Å². The van der Waals surface area contributed by atoms with E-state index in [0.29, 0.717) is 6.79 Å². The van der Waals surface area contributed by atoms with Gasteiger partial charge >= 0.3 is 0 Å². The van der Waals surface area contributed by atoms with Crippen LogP contribution in [0.3, 0.4) is 0 Å². The molecule has 5 nitrogen and oxygen atoms in total. The minimum atomic E-state index is 0.156. The highest BCUT2D eigenvalue weighted by atomic mass is 16.7. The largest absolute Gasteiger partial charge is 0.493 e. The van der Waals surface area contributed by atoms with Crippen molar-refractivity contribution in [3.8, 4) is 23.0 Å². The Balaban J connectivity index is 1.82. The van der Waals surface area contributed by atoms with Crippen molar-refractivity contribution >= 4 is 0 Å². The van der Waals surface area contributed by atoms with Crippen molar-refractivity contribution in [1.82, 2.24) is 4.90 Å². The molecule has 0 aliphatic carbocycles. The number of likely N-dealkylation sites (N-methyl/N-ethyl adjacent to an activating group) is 1. The molecule has 24 heavy (non-hydrogen) atoms. The molecule has 0 saturated heterocycles. The van der Waals surface area contributed by atoms with Gasteiger partial charge < -0.3 is 18.9 Å². The summed E-state index contributed by atoms with van der Waals surface area (Å²) in [5, 5.41) is 0. The third kappa shape index (κ3) is 2.36. The number of hydrogen-bond donors (Lipinski definition) is 0. The Bertz CT molecular complexity index is 774. The Morgan fingerprint density at radius 2 is 1.75 bits per heavy atom. The van der Waals surface area contributed by atoms with Crippen LogP contribution in [0.25, 0.3) is 0 Å². The summed E-state index contributed by atoms with van der Waals surface area (Å²) >= 11 is 0. The molecule has 4 rings (SSSR count). The number of methoxy groups -OCH3 is 2. The number of benzene rings is 2. The fourth-order valence-electron chi connectivity index (χ4n) is 3.59. The van der Waals surface area contributed by atoms with E-state index in [0.717, 1.165) is 36.0 Å². The maximum atomic E-state index is 5.55. The van der Waals surface area contributed by atoms with Gasteiger partial charge in [-0.15, -0.1) is 0 Å². The second-order valence-corrected chi connectivity index (χ2v) is 6.15. The molecule has 0 spiro atoms. The second kappa shape index (κ2) is 5.91. The minimum absolute atomic E-state index is 0.156. The van der Waals surface area contributed by atoms with Gasteiger partial charge in [0, 0.05) is 6.54 Å². The molecule has 2 aliphatic heterocycles. The molecule has 126 valence electrons. The Kier molecular flexibility index (Phi) is 3.73. The van der Waals surface area contributed by atoms with Crippen LogP contribution in [0.15, 0.2) is 30.3 Å². The van der Waals surface area contributed by atoms with Gasteiger partial charge in [-0.2, -0.15) is 0 Å². The molecule has 5 heteroatoms. The van der Waals surface area contributed by atoms with E-state index in [1.165, 1.54) is 16.7 Å². The van der Waals surface area contributed by atoms with Gasteiger partial charge in [0.05, 0.1) is 20.3 Å². The predicted molar refractivity (Wildman–Crippen MR) is 90.3 cm³/mol. The third-order valence-corrected chi connectivity index (χ3v) is 4.83. The van der Waals surface area contributed by atoms with Crippen molar-refractivity contribution in [2.75, 3.05) is 34.6 Å². The first kappa shape index (κ1) is 15.1. The average Bonchev–Trinajstić information content (AvgIpc) is 3.08. The van der Waals surface area contributed by atoms with Crippen molar-refractivity contribution in [2.24, 2.45) is 0 Å². The lowest BCUT2D eigenvalue weighted by Crippen LogP contribution is -2.32. The zero-order chi connectivity index (χ0) is 16.7. The minimum Gasteiger partial charge on any atom is -0.493 e. The molecular weight excluding hydrogens is 306 g/mol. The molecule has 0 radical (unpaired) electrons. The molecule has 0 aromatic heterocycles. The summed E-state index contributed by atoms with van der Waals surface area (Å²) in [6, 6.07) is 10.5. The molecule has 0 fully saturated rings. The Hall–Kier alpha value is -2.40. The molecule has 0 amide bonds. The standard InChI is InChI=1S/C19H21NO4/c1-20-7-6-12-8-16(21-2)17(22-3)10-14(12)19(20)13-4-5-15-18(9-13)24-11-23-15/h4-5,8-10,19H,6-7,11H2,1-3H3/t19-/m0/s1. The number of fused-ring (bicyclic) bond motifs is 2. The Morgan fingerprint density at radius 3 is 2.54 bits per heavy atom. The molecule has 1 atom stereocenters. The first-order valence-electron chi connectivity index (χ1n) is 8.06. The molecule has 2 aliphatic rings. The first-order valence-corrected chi connectivity index (χ1v) is 8.06. The summed E-state index contributed by atoms with van der Waals surface area (Å²) in [5.41, 5.74) is 3.74. The van der Waals surface area contributed by atoms with E-state index in [4.69, 9.17) is 18.9 Å². The van der Waals surface area contributed by atoms with Crippen LogP contribution >= 0.6 is 0 Å². The summed E-state index contributed by atoms with van der Waals surface area (Å²) in [7, 11) is 5.50. The van der Waals surface area contributed by atoms with Gasteiger partial charge in [-0.05, 0) is 54.4 Å². The van der Waals surface area contributed by atoms with E-state index in [1.54, 1.807) is 14.2 Å². The number of nitrogens with zero attached hydrogens (tertiary/aromatic N) is 1. The van der Waals surface area contributed by atoms with Gasteiger partial charge in [-0.25, -0.2) is 0 Å². The van der Waals surface area contributed by atoms with Gasteiger partial charge in [0.2, 0.25) is 6.79 Å². The molecule has 2 aromatic carbocycles. The Morgan fingerprint density at radius 1 is 1.00 bits per heavy atom. The lowest BCUT2D eigenvalue weighted by Gasteiger charge is -2.35. The van der Waals surface area contributed by atoms with Crippen molar-refractivity contribution in [3.05, 3.63) is 47.0 Å². The van der Waals surface area contributed by atoms with Gasteiger partial charge in [0.25, 0.3) is 0 Å². The maximum absolute atomic E-state index is 5.55. The third-order valence-electron chi connectivity index (χ3n) is 4.83. The van der Waals surface area contributed by atoms with Gasteiger partial charge in [0.1, 0.15) is 0 Å². The zero-order valence-electron chi connectivity index (χ0n) is 14.2. The van der Waals surface area contributed by atoms with Crippen LogP contribution in [0.4, 0.5) is 0 Å². The number of hydrogen-bond acceptors (Lipinski definition) is 5. The van der Waals surface area contributed by atoms with E-state index in [-0.39, 0.29) is 6.04 Å². The average molecular weight is 327 g/mol. The van der Waals surface area contributed by atoms with Crippen LogP contribution < -0.4 is 18.9 Å². The van der Waals surface area contributed by atoms with Crippen LogP contribution in [0.5, 0.6) is 23.0 Å². The highest BCUT2D eigenvalue weighted by molar-refractivity contribution is 5.53. The van der Waals surface area contributed by atoms with Gasteiger partial charge in [-0.1, -0.05) is 6.07 Å². The maximum Gasteiger partial charge on any atom is 0.231 e. The summed E-state index contributed by atoms with van der Waals surface area (Å²) < 4.78 is 21.9. The van der Waals surface area contributed by atoms with E-state index in [9.17, 15) is 0 Å². The van der Waals surface area contributed by atoms with Crippen molar-refractivity contribution in [1.29, 1.82) is 0 Å². The van der Waals surface area contributed by atoms with E-state index >= 15 is 0 Å². The summed E-state index contributed by atoms with van der Waals surface area (Å²) in [6.07, 6.45) is 0.993. The summed E-state index contributed by atoms with van der Waals surface area (Å²) in [6.45, 7) is 1.28. The summed E-state index contributed by atoms with van der Waals surface area (Å²) in [5.74, 6) is 3.17. The first-order chi connectivity index (χ1) is 11.7.